The van der Waals surface area contributed by atoms with Crippen LogP contribution in [-0.4, -0.2) is 49.3 Å². The van der Waals surface area contributed by atoms with Gasteiger partial charge in [0, 0.05) is 68.1 Å². The molecule has 16 heteroatoms. The number of nitrogens with one attached hydrogen (secondary N) is 2. The van der Waals surface area contributed by atoms with E-state index in [2.05, 4.69) is 5.32 Å². The summed E-state index contributed by atoms with van der Waals surface area (Å²) < 4.78 is 89.7. The van der Waals surface area contributed by atoms with Gasteiger partial charge in [0.2, 0.25) is 0 Å². The van der Waals surface area contributed by atoms with Gasteiger partial charge in [-0.3, -0.25) is 15.0 Å². The first kappa shape index (κ1) is 44.3. The monoisotopic (exact) mass is 782 g/mol. The number of amidine groups is 1. The molecule has 0 fully saturated rings. The number of alkyl halides is 6. The van der Waals surface area contributed by atoms with Crippen LogP contribution in [0, 0.1) is 5.41 Å². The molecular weight excluding hydrogens is 735 g/mol. The number of ketones is 2. The van der Waals surface area contributed by atoms with Gasteiger partial charge in [-0.05, 0) is 90.9 Å². The van der Waals surface area contributed by atoms with Crippen LogP contribution in [0.2, 0.25) is 0 Å². The van der Waals surface area contributed by atoms with Crippen molar-refractivity contribution in [1.29, 1.82) is 5.41 Å². The van der Waals surface area contributed by atoms with Crippen molar-refractivity contribution in [3.05, 3.63) is 81.9 Å². The predicted octanol–water partition coefficient (Wildman–Crippen LogP) is 7.18. The molecule has 3 rings (SSSR count). The first-order chi connectivity index (χ1) is 25.5. The van der Waals surface area contributed by atoms with Crippen LogP contribution in [0.15, 0.2) is 53.4 Å². The number of carbonyl (C=O) groups excluding carboxylic acids is 2. The molecule has 0 unspecified atom stereocenters. The highest BCUT2D eigenvalue weighted by Gasteiger charge is 2.35. The second-order valence-electron chi connectivity index (χ2n) is 12.8. The molecule has 0 aromatic heterocycles. The standard InChI is InChI=1S/C38H48F6N6O3S/c39-37(40,41)28-19-26(21-29(51)6-2-1-3-7-35(48)49)36(54-16-14-47)27(20-28)22-30(52)18-24-8-11-34(25(17-24)5-4-12-45)53-31-9-10-33(50-15-13-46)32(23-31)38(42,43)44/h8-11,17,19-20,23,50H,1-7,12-16,18,21-22,45-47H2,(H3,48,49). The number of hydrogen-bond donors (Lipinski definition) is 6. The Morgan fingerprint density at radius 1 is 0.741 bits per heavy atom. The Morgan fingerprint density at radius 3 is 2.04 bits per heavy atom. The molecule has 9 nitrogen and oxygen atoms in total. The van der Waals surface area contributed by atoms with E-state index < -0.39 is 23.5 Å². The third-order valence-corrected chi connectivity index (χ3v) is 9.52. The Kier molecular flexibility index (Phi) is 17.3. The summed E-state index contributed by atoms with van der Waals surface area (Å²) in [5.41, 5.74) is 21.7. The molecule has 0 aliphatic rings. The fourth-order valence-electron chi connectivity index (χ4n) is 5.78. The first-order valence-corrected chi connectivity index (χ1v) is 18.6. The van der Waals surface area contributed by atoms with Gasteiger partial charge in [-0.1, -0.05) is 18.6 Å². The molecule has 0 spiro atoms. The summed E-state index contributed by atoms with van der Waals surface area (Å²) >= 11 is 1.20. The minimum Gasteiger partial charge on any atom is -0.457 e. The number of Topliss-reactive ketones (excluding diaryl/α,β-unsaturated/α-hetero) is 2. The van der Waals surface area contributed by atoms with E-state index in [1.807, 2.05) is 0 Å². The Balaban J connectivity index is 1.88. The number of rotatable bonds is 23. The van der Waals surface area contributed by atoms with Crippen LogP contribution in [0.1, 0.15) is 71.9 Å². The Morgan fingerprint density at radius 2 is 1.43 bits per heavy atom. The molecule has 0 atom stereocenters. The van der Waals surface area contributed by atoms with Gasteiger partial charge in [-0.2, -0.15) is 26.3 Å². The molecule has 10 N–H and O–H groups in total. The van der Waals surface area contributed by atoms with Gasteiger partial charge >= 0.3 is 12.4 Å². The molecule has 3 aromatic carbocycles. The minimum absolute atomic E-state index is 0.0484. The van der Waals surface area contributed by atoms with Crippen LogP contribution >= 0.6 is 11.8 Å². The number of carbonyl (C=O) groups is 2. The number of thioether (sulfide) groups is 1. The maximum absolute atomic E-state index is 14.1. The maximum atomic E-state index is 14.1. The minimum atomic E-state index is -4.73. The summed E-state index contributed by atoms with van der Waals surface area (Å²) in [7, 11) is 0. The Labute approximate surface area is 315 Å². The van der Waals surface area contributed by atoms with E-state index >= 15 is 0 Å². The van der Waals surface area contributed by atoms with Crippen LogP contribution in [0.5, 0.6) is 11.5 Å². The number of unbranched alkanes of at least 4 members (excludes halogenated alkanes) is 2. The summed E-state index contributed by atoms with van der Waals surface area (Å²) in [4.78, 5) is 26.8. The molecular formula is C38H48F6N6O3S. The average Bonchev–Trinajstić information content (AvgIpc) is 3.09. The highest BCUT2D eigenvalue weighted by atomic mass is 32.2. The molecule has 296 valence electrons. The lowest BCUT2D eigenvalue weighted by Crippen LogP contribution is -2.16. The molecule has 0 heterocycles. The molecule has 0 amide bonds. The van der Waals surface area contributed by atoms with E-state index in [9.17, 15) is 35.9 Å². The highest BCUT2D eigenvalue weighted by Crippen LogP contribution is 2.39. The third kappa shape index (κ3) is 14.3. The van der Waals surface area contributed by atoms with E-state index in [1.165, 1.54) is 23.9 Å². The van der Waals surface area contributed by atoms with Gasteiger partial charge in [-0.15, -0.1) is 11.8 Å². The van der Waals surface area contributed by atoms with Gasteiger partial charge in [-0.25, -0.2) is 0 Å². The van der Waals surface area contributed by atoms with Gasteiger partial charge in [0.25, 0.3) is 0 Å². The van der Waals surface area contributed by atoms with Crippen molar-refractivity contribution in [2.24, 2.45) is 22.9 Å². The number of benzene rings is 3. The third-order valence-electron chi connectivity index (χ3n) is 8.27. The van der Waals surface area contributed by atoms with Crippen molar-refractivity contribution in [3.8, 4) is 11.5 Å². The van der Waals surface area contributed by atoms with Crippen LogP contribution in [-0.2, 0) is 47.6 Å². The van der Waals surface area contributed by atoms with Crippen LogP contribution in [0.4, 0.5) is 32.0 Å². The van der Waals surface area contributed by atoms with E-state index in [0.717, 1.165) is 18.2 Å². The topological polar surface area (TPSA) is 183 Å². The van der Waals surface area contributed by atoms with Crippen molar-refractivity contribution in [1.82, 2.24) is 0 Å². The number of nitrogens with two attached hydrogens (primary N) is 4. The number of hydrogen-bond acceptors (Lipinski definition) is 9. The van der Waals surface area contributed by atoms with Crippen molar-refractivity contribution in [2.45, 2.75) is 81.5 Å². The van der Waals surface area contributed by atoms with Gasteiger partial charge in [0.05, 0.1) is 17.0 Å². The van der Waals surface area contributed by atoms with Crippen LogP contribution in [0.3, 0.4) is 0 Å². The lowest BCUT2D eigenvalue weighted by Gasteiger charge is -2.18. The van der Waals surface area contributed by atoms with E-state index in [1.54, 1.807) is 18.2 Å². The zero-order valence-electron chi connectivity index (χ0n) is 29.9. The second-order valence-corrected chi connectivity index (χ2v) is 13.9. The van der Waals surface area contributed by atoms with Crippen molar-refractivity contribution in [2.75, 3.05) is 37.2 Å². The van der Waals surface area contributed by atoms with Gasteiger partial charge < -0.3 is 33.0 Å². The number of anilines is 1. The Hall–Kier alpha value is -4.12. The van der Waals surface area contributed by atoms with Gasteiger partial charge in [0.15, 0.2) is 0 Å². The summed E-state index contributed by atoms with van der Waals surface area (Å²) in [6, 6.07) is 10.3. The summed E-state index contributed by atoms with van der Waals surface area (Å²) in [5, 5.41) is 9.97. The first-order valence-electron chi connectivity index (χ1n) is 17.6. The van der Waals surface area contributed by atoms with E-state index in [-0.39, 0.29) is 91.0 Å². The van der Waals surface area contributed by atoms with E-state index in [0.29, 0.717) is 66.8 Å². The Bertz CT molecular complexity index is 1730. The van der Waals surface area contributed by atoms with Crippen LogP contribution < -0.4 is 33.0 Å². The summed E-state index contributed by atoms with van der Waals surface area (Å²) in [6.45, 7) is 0.804. The number of aryl methyl sites for hydroxylation is 1. The predicted molar refractivity (Wildman–Crippen MR) is 200 cm³/mol. The summed E-state index contributed by atoms with van der Waals surface area (Å²) in [6.07, 6.45) is -6.90. The maximum Gasteiger partial charge on any atom is 0.418 e. The zero-order chi connectivity index (χ0) is 39.9. The SMILES string of the molecule is N=C(N)CCCCCC(=O)Cc1cc(C(F)(F)F)cc(CC(=O)Cc2ccc(Oc3ccc(NCCN)c(C(F)(F)F)c3)c(CCCN)c2)c1SCCN. The average molecular weight is 783 g/mol. The van der Waals surface area contributed by atoms with E-state index in [4.69, 9.17) is 33.1 Å². The molecule has 3 aromatic rings. The molecule has 0 aliphatic heterocycles. The largest absolute Gasteiger partial charge is 0.457 e. The van der Waals surface area contributed by atoms with Crippen molar-refractivity contribution in [3.63, 3.8) is 0 Å². The lowest BCUT2D eigenvalue weighted by atomic mass is 9.95. The normalized spacial score (nSPS) is 11.8. The molecule has 0 bridgehead atoms. The number of ether oxygens (including phenoxy) is 1. The second kappa shape index (κ2) is 21.1. The van der Waals surface area contributed by atoms with Gasteiger partial charge in [0.1, 0.15) is 23.1 Å². The quantitative estimate of drug-likeness (QED) is 0.0191. The molecule has 54 heavy (non-hydrogen) atoms. The fourth-order valence-corrected chi connectivity index (χ4v) is 6.74. The lowest BCUT2D eigenvalue weighted by molar-refractivity contribution is -0.138. The molecule has 0 aliphatic carbocycles. The fraction of sp³-hybridized carbons (Fsp3) is 0.447. The molecule has 0 saturated carbocycles. The summed E-state index contributed by atoms with van der Waals surface area (Å²) in [5.74, 6) is -0.0324. The van der Waals surface area contributed by atoms with Crippen LogP contribution in [0.25, 0.3) is 0 Å². The highest BCUT2D eigenvalue weighted by molar-refractivity contribution is 7.99. The number of halogens is 6. The molecule has 0 saturated heterocycles. The molecule has 0 radical (unpaired) electrons. The van der Waals surface area contributed by atoms with Crippen molar-refractivity contribution >= 4 is 34.9 Å². The zero-order valence-corrected chi connectivity index (χ0v) is 30.8. The smallest absolute Gasteiger partial charge is 0.418 e. The van der Waals surface area contributed by atoms with Crippen molar-refractivity contribution < 1.29 is 40.7 Å².